The summed E-state index contributed by atoms with van der Waals surface area (Å²) >= 11 is 11.0. The number of rotatable bonds is 5. The molecule has 0 saturated carbocycles. The van der Waals surface area contributed by atoms with E-state index in [0.29, 0.717) is 21.8 Å². The Labute approximate surface area is 161 Å². The predicted molar refractivity (Wildman–Crippen MR) is 106 cm³/mol. The van der Waals surface area contributed by atoms with E-state index in [0.717, 1.165) is 21.8 Å². The maximum Gasteiger partial charge on any atom is 0.210 e. The van der Waals surface area contributed by atoms with Gasteiger partial charge in [0, 0.05) is 27.6 Å². The fraction of sp³-hybridized carbons (Fsp3) is 0.0625. The van der Waals surface area contributed by atoms with E-state index >= 15 is 0 Å². The lowest BCUT2D eigenvalue weighted by Crippen LogP contribution is -2.11. The van der Waals surface area contributed by atoms with Crippen LogP contribution in [0.2, 0.25) is 5.02 Å². The Morgan fingerprint density at radius 3 is 2.84 bits per heavy atom. The number of thioether (sulfide) groups is 1. The van der Waals surface area contributed by atoms with Gasteiger partial charge in [0.25, 0.3) is 0 Å². The lowest BCUT2D eigenvalue weighted by atomic mass is 10.2. The zero-order valence-electron chi connectivity index (χ0n) is 12.8. The lowest BCUT2D eigenvalue weighted by Gasteiger charge is -2.04. The third-order valence-electron chi connectivity index (χ3n) is 3.45. The maximum atomic E-state index is 6.21. The molecule has 0 bridgehead atoms. The van der Waals surface area contributed by atoms with Gasteiger partial charge in [-0.1, -0.05) is 35.5 Å². The van der Waals surface area contributed by atoms with Crippen molar-refractivity contribution in [3.05, 3.63) is 57.2 Å². The summed E-state index contributed by atoms with van der Waals surface area (Å²) < 4.78 is 1.47. The van der Waals surface area contributed by atoms with Crippen LogP contribution in [0.15, 0.2) is 51.6 Å². The molecule has 0 radical (unpaired) electrons. The molecule has 25 heavy (non-hydrogen) atoms. The van der Waals surface area contributed by atoms with Gasteiger partial charge >= 0.3 is 0 Å². The second-order valence-corrected chi connectivity index (χ2v) is 8.09. The number of halogens is 1. The summed E-state index contributed by atoms with van der Waals surface area (Å²) in [6.07, 6.45) is 0. The molecule has 126 valence electrons. The highest BCUT2D eigenvalue weighted by Crippen LogP contribution is 2.30. The van der Waals surface area contributed by atoms with Crippen LogP contribution in [0.3, 0.4) is 0 Å². The number of nitrogen functional groups attached to an aromatic ring is 1. The van der Waals surface area contributed by atoms with Crippen molar-refractivity contribution in [2.24, 2.45) is 0 Å². The standard InChI is InChI=1S/C16H12ClN5S3/c17-13-4-2-1-3-12(13)14-20-21-16(22(14)18)25-9-11-8-24-15(19-11)10-5-6-23-7-10/h1-8H,9,18H2. The Bertz CT molecular complexity index is 993. The van der Waals surface area contributed by atoms with Crippen LogP contribution in [0, 0.1) is 0 Å². The van der Waals surface area contributed by atoms with Crippen LogP contribution >= 0.6 is 46.0 Å². The number of hydrogen-bond acceptors (Lipinski definition) is 7. The second-order valence-electron chi connectivity index (χ2n) is 5.10. The molecule has 4 aromatic rings. The summed E-state index contributed by atoms with van der Waals surface area (Å²) in [6.45, 7) is 0. The Balaban J connectivity index is 1.50. The van der Waals surface area contributed by atoms with Crippen molar-refractivity contribution < 1.29 is 0 Å². The summed E-state index contributed by atoms with van der Waals surface area (Å²) in [7, 11) is 0. The lowest BCUT2D eigenvalue weighted by molar-refractivity contribution is 0.849. The third-order valence-corrected chi connectivity index (χ3v) is 6.38. The van der Waals surface area contributed by atoms with Crippen molar-refractivity contribution in [2.75, 3.05) is 5.84 Å². The van der Waals surface area contributed by atoms with Gasteiger partial charge in [0.1, 0.15) is 5.01 Å². The first-order valence-corrected chi connectivity index (χ1v) is 10.5. The number of hydrogen-bond donors (Lipinski definition) is 1. The van der Waals surface area contributed by atoms with E-state index in [1.165, 1.54) is 16.4 Å². The van der Waals surface area contributed by atoms with E-state index in [1.54, 1.807) is 28.7 Å². The van der Waals surface area contributed by atoms with Crippen molar-refractivity contribution in [3.63, 3.8) is 0 Å². The van der Waals surface area contributed by atoms with Crippen molar-refractivity contribution in [2.45, 2.75) is 10.9 Å². The SMILES string of the molecule is Nn1c(SCc2csc(-c3ccsc3)n2)nnc1-c1ccccc1Cl. The van der Waals surface area contributed by atoms with Gasteiger partial charge in [0.15, 0.2) is 5.82 Å². The first-order chi connectivity index (χ1) is 12.2. The molecule has 0 spiro atoms. The molecule has 0 amide bonds. The second kappa shape index (κ2) is 7.17. The minimum absolute atomic E-state index is 0.547. The summed E-state index contributed by atoms with van der Waals surface area (Å²) in [5.74, 6) is 7.37. The molecule has 1 aromatic carbocycles. The van der Waals surface area contributed by atoms with Crippen molar-refractivity contribution in [3.8, 4) is 22.0 Å². The number of aromatic nitrogens is 4. The fourth-order valence-electron chi connectivity index (χ4n) is 2.23. The van der Waals surface area contributed by atoms with Gasteiger partial charge in [-0.3, -0.25) is 0 Å². The zero-order chi connectivity index (χ0) is 17.2. The monoisotopic (exact) mass is 405 g/mol. The molecule has 3 aromatic heterocycles. The molecule has 0 atom stereocenters. The third kappa shape index (κ3) is 3.43. The van der Waals surface area contributed by atoms with Gasteiger partial charge in [0.05, 0.1) is 10.7 Å². The highest BCUT2D eigenvalue weighted by atomic mass is 35.5. The Kier molecular flexibility index (Phi) is 4.76. The highest BCUT2D eigenvalue weighted by Gasteiger charge is 2.15. The molecule has 5 nitrogen and oxygen atoms in total. The number of nitrogens with zero attached hydrogens (tertiary/aromatic N) is 4. The van der Waals surface area contributed by atoms with Gasteiger partial charge in [-0.05, 0) is 23.6 Å². The van der Waals surface area contributed by atoms with Crippen LogP contribution < -0.4 is 5.84 Å². The highest BCUT2D eigenvalue weighted by molar-refractivity contribution is 7.98. The van der Waals surface area contributed by atoms with Crippen LogP contribution in [0.4, 0.5) is 0 Å². The summed E-state index contributed by atoms with van der Waals surface area (Å²) in [5, 5.41) is 16.8. The Morgan fingerprint density at radius 2 is 2.04 bits per heavy atom. The number of benzene rings is 1. The van der Waals surface area contributed by atoms with Crippen LogP contribution in [0.1, 0.15) is 5.69 Å². The molecule has 0 aliphatic rings. The molecule has 4 rings (SSSR count). The molecule has 0 aliphatic carbocycles. The average Bonchev–Trinajstić information content (AvgIpc) is 3.35. The Morgan fingerprint density at radius 1 is 1.16 bits per heavy atom. The molecule has 0 saturated heterocycles. The average molecular weight is 406 g/mol. The number of thiazole rings is 1. The summed E-state index contributed by atoms with van der Waals surface area (Å²) in [6, 6.07) is 9.51. The van der Waals surface area contributed by atoms with Crippen molar-refractivity contribution in [1.29, 1.82) is 0 Å². The van der Waals surface area contributed by atoms with E-state index in [2.05, 4.69) is 37.4 Å². The molecule has 9 heteroatoms. The predicted octanol–water partition coefficient (Wildman–Crippen LogP) is 4.79. The van der Waals surface area contributed by atoms with E-state index in [4.69, 9.17) is 17.4 Å². The van der Waals surface area contributed by atoms with E-state index < -0.39 is 0 Å². The van der Waals surface area contributed by atoms with Gasteiger partial charge in [-0.15, -0.1) is 21.5 Å². The van der Waals surface area contributed by atoms with Crippen LogP contribution in [0.25, 0.3) is 22.0 Å². The van der Waals surface area contributed by atoms with Gasteiger partial charge in [0.2, 0.25) is 5.16 Å². The molecule has 0 aliphatic heterocycles. The largest absolute Gasteiger partial charge is 0.335 e. The quantitative estimate of drug-likeness (QED) is 0.382. The van der Waals surface area contributed by atoms with Crippen LogP contribution in [-0.4, -0.2) is 19.9 Å². The van der Waals surface area contributed by atoms with Crippen LogP contribution in [-0.2, 0) is 5.75 Å². The first-order valence-electron chi connectivity index (χ1n) is 7.27. The van der Waals surface area contributed by atoms with Gasteiger partial charge < -0.3 is 5.84 Å². The van der Waals surface area contributed by atoms with E-state index in [9.17, 15) is 0 Å². The summed E-state index contributed by atoms with van der Waals surface area (Å²) in [4.78, 5) is 4.66. The molecule has 3 heterocycles. The first kappa shape index (κ1) is 16.6. The zero-order valence-corrected chi connectivity index (χ0v) is 16.0. The normalized spacial score (nSPS) is 11.1. The molecular formula is C16H12ClN5S3. The molecule has 0 unspecified atom stereocenters. The molecular weight excluding hydrogens is 394 g/mol. The van der Waals surface area contributed by atoms with Crippen molar-refractivity contribution >= 4 is 46.0 Å². The van der Waals surface area contributed by atoms with Gasteiger partial charge in [-0.25, -0.2) is 9.66 Å². The number of nitrogens with two attached hydrogens (primary N) is 1. The van der Waals surface area contributed by atoms with E-state index in [-0.39, 0.29) is 0 Å². The molecule has 0 fully saturated rings. The van der Waals surface area contributed by atoms with E-state index in [1.807, 2.05) is 18.2 Å². The topological polar surface area (TPSA) is 69.6 Å². The van der Waals surface area contributed by atoms with Gasteiger partial charge in [-0.2, -0.15) is 11.3 Å². The van der Waals surface area contributed by atoms with Crippen molar-refractivity contribution in [1.82, 2.24) is 19.9 Å². The minimum Gasteiger partial charge on any atom is -0.335 e. The minimum atomic E-state index is 0.547. The maximum absolute atomic E-state index is 6.21. The fourth-order valence-corrected chi connectivity index (χ4v) is 4.84. The molecule has 2 N–H and O–H groups in total. The summed E-state index contributed by atoms with van der Waals surface area (Å²) in [5.41, 5.74) is 2.92. The smallest absolute Gasteiger partial charge is 0.210 e. The Hall–Kier alpha value is -1.87. The van der Waals surface area contributed by atoms with Crippen LogP contribution in [0.5, 0.6) is 0 Å². The number of thiophene rings is 1.